The second-order valence-electron chi connectivity index (χ2n) is 8.87. The van der Waals surface area contributed by atoms with E-state index in [2.05, 4.69) is 18.6 Å². The third kappa shape index (κ3) is 4.37. The van der Waals surface area contributed by atoms with Crippen molar-refractivity contribution < 1.29 is 22.4 Å². The first-order valence-corrected chi connectivity index (χ1v) is 12.6. The minimum absolute atomic E-state index is 0.0644. The molecule has 33 heavy (non-hydrogen) atoms. The molecule has 0 aliphatic carbocycles. The molecule has 1 aliphatic rings. The van der Waals surface area contributed by atoms with Gasteiger partial charge in [-0.2, -0.15) is 0 Å². The van der Waals surface area contributed by atoms with Gasteiger partial charge in [-0.15, -0.1) is 0 Å². The van der Waals surface area contributed by atoms with E-state index >= 15 is 0 Å². The van der Waals surface area contributed by atoms with Gasteiger partial charge in [-0.25, -0.2) is 8.42 Å². The summed E-state index contributed by atoms with van der Waals surface area (Å²) in [6, 6.07) is 9.23. The summed E-state index contributed by atoms with van der Waals surface area (Å²) in [6.07, 6.45) is 0. The zero-order valence-electron chi connectivity index (χ0n) is 19.7. The maximum Gasteiger partial charge on any atom is 0.290 e. The van der Waals surface area contributed by atoms with E-state index in [4.69, 9.17) is 9.15 Å². The normalized spacial score (nSPS) is 14.8. The molecule has 0 bridgehead atoms. The maximum atomic E-state index is 13.5. The van der Waals surface area contributed by atoms with E-state index in [0.717, 1.165) is 11.1 Å². The minimum atomic E-state index is -3.97. The van der Waals surface area contributed by atoms with Crippen molar-refractivity contribution >= 4 is 32.6 Å². The Hall–Kier alpha value is -2.84. The van der Waals surface area contributed by atoms with Gasteiger partial charge in [-0.05, 0) is 61.6 Å². The molecule has 3 aromatic rings. The van der Waals surface area contributed by atoms with E-state index in [1.54, 1.807) is 30.9 Å². The number of sulfonamides is 1. The van der Waals surface area contributed by atoms with Gasteiger partial charge in [0.25, 0.3) is 15.9 Å². The van der Waals surface area contributed by atoms with Crippen LogP contribution in [0.15, 0.2) is 39.6 Å². The summed E-state index contributed by atoms with van der Waals surface area (Å²) >= 11 is 0. The van der Waals surface area contributed by atoms with E-state index in [1.807, 2.05) is 25.1 Å². The molecule has 1 saturated heterocycles. The first-order valence-electron chi connectivity index (χ1n) is 11.1. The molecule has 4 rings (SSSR count). The molecule has 0 atom stereocenters. The van der Waals surface area contributed by atoms with Crippen molar-refractivity contribution in [2.24, 2.45) is 0 Å². The van der Waals surface area contributed by atoms with Crippen LogP contribution in [0.1, 0.15) is 52.6 Å². The third-order valence-corrected chi connectivity index (χ3v) is 7.82. The molecule has 8 heteroatoms. The Balaban J connectivity index is 1.79. The number of morpholine rings is 1. The van der Waals surface area contributed by atoms with Crippen molar-refractivity contribution in [2.75, 3.05) is 31.0 Å². The van der Waals surface area contributed by atoms with Gasteiger partial charge in [-0.3, -0.25) is 9.52 Å². The van der Waals surface area contributed by atoms with E-state index in [0.29, 0.717) is 54.4 Å². The summed E-state index contributed by atoms with van der Waals surface area (Å²) in [5, 5.41) is 0.630. The molecule has 2 aromatic carbocycles. The molecule has 0 unspecified atom stereocenters. The summed E-state index contributed by atoms with van der Waals surface area (Å²) in [5.74, 6) is 0.278. The number of fused-ring (bicyclic) bond motifs is 1. The fourth-order valence-electron chi connectivity index (χ4n) is 4.12. The number of nitrogens with zero attached hydrogens (tertiary/aromatic N) is 1. The van der Waals surface area contributed by atoms with Gasteiger partial charge in [0, 0.05) is 29.7 Å². The second-order valence-corrected chi connectivity index (χ2v) is 10.5. The lowest BCUT2D eigenvalue weighted by molar-refractivity contribution is 0.0283. The molecule has 1 aliphatic heterocycles. The van der Waals surface area contributed by atoms with Crippen molar-refractivity contribution in [1.29, 1.82) is 0 Å². The molecular weight excluding hydrogens is 440 g/mol. The van der Waals surface area contributed by atoms with Crippen LogP contribution in [0, 0.1) is 20.8 Å². The van der Waals surface area contributed by atoms with Gasteiger partial charge in [0.05, 0.1) is 13.2 Å². The highest BCUT2D eigenvalue weighted by molar-refractivity contribution is 7.93. The number of carbonyl (C=O) groups excluding carboxylic acids is 1. The zero-order chi connectivity index (χ0) is 23.9. The van der Waals surface area contributed by atoms with E-state index in [1.165, 1.54) is 0 Å². The monoisotopic (exact) mass is 470 g/mol. The van der Waals surface area contributed by atoms with Crippen LogP contribution in [-0.2, 0) is 14.8 Å². The van der Waals surface area contributed by atoms with E-state index in [9.17, 15) is 13.2 Å². The summed E-state index contributed by atoms with van der Waals surface area (Å²) in [6.45, 7) is 11.5. The molecular formula is C25H30N2O5S. The van der Waals surface area contributed by atoms with Crippen molar-refractivity contribution in [3.05, 3.63) is 58.3 Å². The molecule has 1 aromatic heterocycles. The average Bonchev–Trinajstić information content (AvgIpc) is 3.10. The number of amides is 1. The number of aryl methyl sites for hydroxylation is 2. The summed E-state index contributed by atoms with van der Waals surface area (Å²) < 4.78 is 41.1. The maximum absolute atomic E-state index is 13.5. The molecule has 0 saturated carbocycles. The first-order chi connectivity index (χ1) is 15.6. The lowest BCUT2D eigenvalue weighted by Crippen LogP contribution is -2.40. The Morgan fingerprint density at radius 3 is 2.27 bits per heavy atom. The van der Waals surface area contributed by atoms with Crippen LogP contribution >= 0.6 is 0 Å². The molecule has 0 radical (unpaired) electrons. The highest BCUT2D eigenvalue weighted by Gasteiger charge is 2.30. The van der Waals surface area contributed by atoms with Crippen LogP contribution in [0.2, 0.25) is 0 Å². The van der Waals surface area contributed by atoms with Crippen LogP contribution in [-0.4, -0.2) is 45.5 Å². The average molecular weight is 471 g/mol. The molecule has 1 fully saturated rings. The third-order valence-electron chi connectivity index (χ3n) is 6.28. The number of anilines is 1. The number of carbonyl (C=O) groups is 1. The van der Waals surface area contributed by atoms with Crippen LogP contribution in [0.4, 0.5) is 5.69 Å². The Bertz CT molecular complexity index is 1300. The van der Waals surface area contributed by atoms with Crippen LogP contribution < -0.4 is 4.72 Å². The minimum Gasteiger partial charge on any atom is -0.449 e. The van der Waals surface area contributed by atoms with Gasteiger partial charge >= 0.3 is 0 Å². The van der Waals surface area contributed by atoms with Gasteiger partial charge in [0.2, 0.25) is 0 Å². The van der Waals surface area contributed by atoms with Crippen molar-refractivity contribution in [1.82, 2.24) is 4.90 Å². The van der Waals surface area contributed by atoms with Crippen LogP contribution in [0.25, 0.3) is 11.0 Å². The largest absolute Gasteiger partial charge is 0.449 e. The van der Waals surface area contributed by atoms with Gasteiger partial charge in [0.15, 0.2) is 11.3 Å². The van der Waals surface area contributed by atoms with Crippen molar-refractivity contribution in [3.63, 3.8) is 0 Å². The van der Waals surface area contributed by atoms with Gasteiger partial charge in [0.1, 0.15) is 4.90 Å². The number of benzene rings is 2. The van der Waals surface area contributed by atoms with Crippen molar-refractivity contribution in [2.45, 2.75) is 45.4 Å². The molecule has 2 heterocycles. The first kappa shape index (κ1) is 23.3. The molecule has 7 nitrogen and oxygen atoms in total. The Labute approximate surface area is 194 Å². The van der Waals surface area contributed by atoms with Crippen molar-refractivity contribution in [3.8, 4) is 0 Å². The fraction of sp³-hybridized carbons (Fsp3) is 0.400. The number of hydrogen-bond donors (Lipinski definition) is 1. The molecule has 176 valence electrons. The fourth-order valence-corrected chi connectivity index (χ4v) is 5.63. The predicted molar refractivity (Wildman–Crippen MR) is 128 cm³/mol. The lowest BCUT2D eigenvalue weighted by atomic mass is 10.0. The number of furan rings is 1. The number of hydrogen-bond acceptors (Lipinski definition) is 5. The topological polar surface area (TPSA) is 88.9 Å². The number of ether oxygens (including phenoxy) is 1. The molecule has 0 spiro atoms. The van der Waals surface area contributed by atoms with E-state index < -0.39 is 10.0 Å². The summed E-state index contributed by atoms with van der Waals surface area (Å²) in [4.78, 5) is 14.9. The van der Waals surface area contributed by atoms with Gasteiger partial charge < -0.3 is 14.1 Å². The second kappa shape index (κ2) is 8.83. The summed E-state index contributed by atoms with van der Waals surface area (Å²) in [5.41, 5.74) is 3.85. The van der Waals surface area contributed by atoms with E-state index in [-0.39, 0.29) is 22.1 Å². The Morgan fingerprint density at radius 1 is 1.03 bits per heavy atom. The molecule has 1 N–H and O–H groups in total. The number of rotatable bonds is 5. The summed E-state index contributed by atoms with van der Waals surface area (Å²) in [7, 11) is -3.97. The molecule has 1 amide bonds. The zero-order valence-corrected chi connectivity index (χ0v) is 20.5. The standard InChI is InChI=1S/C25H30N2O5S/c1-15(2)19-6-8-20(9-7-19)26-33(29,30)24-17(4)16(3)14-21-18(5)22(32-23(21)24)25(28)27-10-12-31-13-11-27/h6-9,14-15,26H,10-13H2,1-5H3. The Kier molecular flexibility index (Phi) is 6.24. The Morgan fingerprint density at radius 2 is 1.67 bits per heavy atom. The van der Waals surface area contributed by atoms with Crippen LogP contribution in [0.5, 0.6) is 0 Å². The lowest BCUT2D eigenvalue weighted by Gasteiger charge is -2.26. The highest BCUT2D eigenvalue weighted by Crippen LogP contribution is 2.36. The predicted octanol–water partition coefficient (Wildman–Crippen LogP) is 4.75. The quantitative estimate of drug-likeness (QED) is 0.581. The van der Waals surface area contributed by atoms with Gasteiger partial charge in [-0.1, -0.05) is 26.0 Å². The smallest absolute Gasteiger partial charge is 0.290 e. The number of nitrogens with one attached hydrogen (secondary N) is 1. The highest BCUT2D eigenvalue weighted by atomic mass is 32.2. The SMILES string of the molecule is Cc1cc2c(C)c(C(=O)N3CCOCC3)oc2c(S(=O)(=O)Nc2ccc(C(C)C)cc2)c1C. The van der Waals surface area contributed by atoms with Crippen LogP contribution in [0.3, 0.4) is 0 Å².